The van der Waals surface area contributed by atoms with Gasteiger partial charge in [0.25, 0.3) is 0 Å². The van der Waals surface area contributed by atoms with Crippen LogP contribution < -0.4 is 0 Å². The van der Waals surface area contributed by atoms with Crippen LogP contribution in [0.2, 0.25) is 0 Å². The predicted octanol–water partition coefficient (Wildman–Crippen LogP) is 31.1. The van der Waals surface area contributed by atoms with Crippen molar-refractivity contribution in [1.82, 2.24) is 0 Å². The summed E-state index contributed by atoms with van der Waals surface area (Å²) in [6.45, 7) is 0. The van der Waals surface area contributed by atoms with Gasteiger partial charge in [0.05, 0.1) is 0 Å². The van der Waals surface area contributed by atoms with Gasteiger partial charge in [0, 0.05) is 0 Å². The average Bonchev–Trinajstić information content (AvgIpc) is 0.839. The molecule has 0 radical (unpaired) electrons. The zero-order valence-corrected chi connectivity index (χ0v) is 72.3. The van der Waals surface area contributed by atoms with Crippen LogP contribution in [-0.4, -0.2) is 0 Å². The van der Waals surface area contributed by atoms with Gasteiger partial charge < -0.3 is 0 Å². The third-order valence-corrected chi connectivity index (χ3v) is 26.5. The van der Waals surface area contributed by atoms with E-state index >= 15 is 0 Å². The molecule has 0 unspecified atom stereocenters. The van der Waals surface area contributed by atoms with Gasteiger partial charge in [-0.15, -0.1) is 0 Å². The number of rotatable bonds is 0. The van der Waals surface area contributed by atoms with Crippen LogP contribution in [0.5, 0.6) is 0 Å². The average molecular weight is 1620 g/mol. The van der Waals surface area contributed by atoms with Crippen LogP contribution >= 0.6 is 0 Å². The standard InChI is InChI=1S/C56H48.C42H36.C28H24/c1-2-42-11-27-50(28-12-42)52-31-15-44(16-32-52)5-6-46-19-35-54(36-20-46)56-39-23-48(24-40-56)8-7-47-21-37-55(38-22-47)53-33-17-45(18-34-53)4-3-43-13-29-51(30-14-43)49-25-9-41(1)10-26-49;1-2-32-9-21-38(22-10-32)40-25-13-34(14-26-40)5-6-36-17-29-42(30-18-36)41-27-15-35(16-28-41)4-3-33-11-23-39(24-12-33)37-19-7-31(1)8-20-37;1-2-22-7-15-26(16-8-22)28-19-11-24(12-20-28)4-3-23-9-17-27(18-10-23)25-13-5-21(1)6-14-25/h9-40H,1-8H2;7-30H,1-6H2;5-20H,1-4H2. The van der Waals surface area contributed by atoms with Gasteiger partial charge in [-0.3, -0.25) is 0 Å². The van der Waals surface area contributed by atoms with Crippen LogP contribution in [0.4, 0.5) is 0 Å². The first-order valence-electron chi connectivity index (χ1n) is 45.9. The van der Waals surface area contributed by atoms with Gasteiger partial charge >= 0.3 is 0 Å². The van der Waals surface area contributed by atoms with Gasteiger partial charge in [0.2, 0.25) is 0 Å². The fraction of sp³-hybridized carbons (Fsp3) is 0.143. The Morgan fingerprint density at radius 1 is 0.0556 bits per heavy atom. The summed E-state index contributed by atoms with van der Waals surface area (Å²) in [6.07, 6.45) is 18.9. The molecule has 0 nitrogen and oxygen atoms in total. The van der Waals surface area contributed by atoms with Gasteiger partial charge in [-0.05, 0) is 316 Å². The van der Waals surface area contributed by atoms with E-state index in [4.69, 9.17) is 0 Å². The molecule has 0 N–H and O–H groups in total. The second-order valence-electron chi connectivity index (χ2n) is 35.0. The van der Waals surface area contributed by atoms with Crippen LogP contribution in [0, 0.1) is 0 Å². The molecule has 612 valence electrons. The molecule has 0 heterocycles. The largest absolute Gasteiger partial charge is 0.0584 e. The minimum absolute atomic E-state index is 1.04. The summed E-state index contributed by atoms with van der Waals surface area (Å²) in [6, 6.07) is 164. The highest BCUT2D eigenvalue weighted by atomic mass is 14.2. The lowest BCUT2D eigenvalue weighted by atomic mass is 9.96. The maximum absolute atomic E-state index is 2.29. The van der Waals surface area contributed by atoms with E-state index in [1.807, 2.05) is 0 Å². The summed E-state index contributed by atoms with van der Waals surface area (Å²) in [4.78, 5) is 0. The van der Waals surface area contributed by atoms with Crippen LogP contribution in [-0.2, 0) is 116 Å². The SMILES string of the molecule is c1cc2ccc1CCc1ccc(cc1)-c1ccc(cc1)CCc1ccc(cc1)-c1ccc(cc1)CCc1ccc(cc1)-c1ccc(cc1)CCc1ccc-2cc1.c1cc2ccc1CCc1ccc(cc1)-c1ccc(cc1)CCc1ccc(cc1)-c1ccc(cc1)CCc1ccc-2cc1.c1cc2ccc1CCc1ccc(cc1)-c1ccc(cc1)CCc1ccc-2cc1. The normalized spacial score (nSPS) is 13.1. The van der Waals surface area contributed by atoms with Gasteiger partial charge in [-0.1, -0.05) is 437 Å². The molecule has 0 saturated heterocycles. The molecule has 0 saturated carbocycles. The van der Waals surface area contributed by atoms with Crippen molar-refractivity contribution in [3.8, 4) is 100 Å². The van der Waals surface area contributed by atoms with Gasteiger partial charge in [-0.25, -0.2) is 0 Å². The third kappa shape index (κ3) is 21.4. The molecule has 0 heteroatoms. The summed E-state index contributed by atoms with van der Waals surface area (Å²) < 4.78 is 0. The van der Waals surface area contributed by atoms with Gasteiger partial charge in [0.1, 0.15) is 0 Å². The van der Waals surface area contributed by atoms with Crippen molar-refractivity contribution in [3.63, 3.8) is 0 Å². The Balaban J connectivity index is 0.000000130. The maximum atomic E-state index is 2.29. The highest BCUT2D eigenvalue weighted by Crippen LogP contribution is 2.33. The molecule has 0 fully saturated rings. The summed E-state index contributed by atoms with van der Waals surface area (Å²) in [5.41, 5.74) is 48.0. The smallest absolute Gasteiger partial charge is 0.0184 e. The van der Waals surface area contributed by atoms with Gasteiger partial charge in [-0.2, -0.15) is 0 Å². The van der Waals surface area contributed by atoms with Crippen molar-refractivity contribution in [3.05, 3.63) is 537 Å². The zero-order chi connectivity index (χ0) is 84.4. The molecule has 18 aromatic rings. The van der Waals surface area contributed by atoms with E-state index in [1.54, 1.807) is 0 Å². The summed E-state index contributed by atoms with van der Waals surface area (Å²) >= 11 is 0. The molecular formula is C126H108. The van der Waals surface area contributed by atoms with E-state index in [1.165, 1.54) is 200 Å². The predicted molar refractivity (Wildman–Crippen MR) is 534 cm³/mol. The molecule has 126 heavy (non-hydrogen) atoms. The lowest BCUT2D eigenvalue weighted by Gasteiger charge is -2.09. The number of hydrogen-bond acceptors (Lipinski definition) is 0. The minimum atomic E-state index is 1.04. The molecule has 0 spiro atoms. The molecule has 0 atom stereocenters. The lowest BCUT2D eigenvalue weighted by Crippen LogP contribution is -1.93. The van der Waals surface area contributed by atoms with E-state index in [0.29, 0.717) is 0 Å². The first-order valence-corrected chi connectivity index (χ1v) is 45.9. The highest BCUT2D eigenvalue weighted by Gasteiger charge is 2.13. The van der Waals surface area contributed by atoms with Crippen molar-refractivity contribution in [2.24, 2.45) is 0 Å². The zero-order valence-electron chi connectivity index (χ0n) is 72.3. The summed E-state index contributed by atoms with van der Waals surface area (Å²) in [7, 11) is 0. The van der Waals surface area contributed by atoms with Crippen LogP contribution in [0.15, 0.2) is 437 Å². The molecule has 18 aromatic carbocycles. The summed E-state index contributed by atoms with van der Waals surface area (Å²) in [5.74, 6) is 0. The van der Waals surface area contributed by atoms with Crippen molar-refractivity contribution in [1.29, 1.82) is 0 Å². The third-order valence-electron chi connectivity index (χ3n) is 26.5. The van der Waals surface area contributed by atoms with E-state index in [0.717, 1.165) is 116 Å². The molecule has 64 rings (SSSR count). The Bertz CT molecular complexity index is 5430. The highest BCUT2D eigenvalue weighted by molar-refractivity contribution is 5.72. The Morgan fingerprint density at radius 3 is 0.135 bits per heavy atom. The van der Waals surface area contributed by atoms with E-state index in [2.05, 4.69) is 437 Å². The Labute approximate surface area is 747 Å². The molecule has 0 aromatic heterocycles. The Kier molecular flexibility index (Phi) is 25.7. The van der Waals surface area contributed by atoms with Crippen molar-refractivity contribution in [2.45, 2.75) is 116 Å². The molecule has 36 bridgehead atoms. The summed E-state index contributed by atoms with van der Waals surface area (Å²) in [5, 5.41) is 0. The van der Waals surface area contributed by atoms with Gasteiger partial charge in [0.15, 0.2) is 0 Å². The van der Waals surface area contributed by atoms with E-state index in [-0.39, 0.29) is 0 Å². The van der Waals surface area contributed by atoms with Crippen molar-refractivity contribution in [2.75, 3.05) is 0 Å². The monoisotopic (exact) mass is 1620 g/mol. The first-order chi connectivity index (χ1) is 62.2. The lowest BCUT2D eigenvalue weighted by molar-refractivity contribution is 0.958. The number of benzene rings is 18. The molecule has 0 amide bonds. The van der Waals surface area contributed by atoms with E-state index in [9.17, 15) is 0 Å². The fourth-order valence-corrected chi connectivity index (χ4v) is 18.1. The molecular weight excluding hydrogens is 1510 g/mol. The number of aryl methyl sites for hydroxylation is 18. The quantitative estimate of drug-likeness (QED) is 0.142. The topological polar surface area (TPSA) is 0 Å². The molecule has 46 aliphatic carbocycles. The second-order valence-corrected chi connectivity index (χ2v) is 35.0. The molecule has 46 aliphatic rings. The first kappa shape index (κ1) is 81.6. The number of hydrogen-bond donors (Lipinski definition) is 0. The van der Waals surface area contributed by atoms with Crippen LogP contribution in [0.1, 0.15) is 100 Å². The fourth-order valence-electron chi connectivity index (χ4n) is 18.1. The van der Waals surface area contributed by atoms with Crippen LogP contribution in [0.3, 0.4) is 0 Å². The van der Waals surface area contributed by atoms with Crippen LogP contribution in [0.25, 0.3) is 100 Å². The van der Waals surface area contributed by atoms with Crippen molar-refractivity contribution < 1.29 is 0 Å². The molecule has 0 aliphatic heterocycles. The Hall–Kier alpha value is -14.0. The Morgan fingerprint density at radius 2 is 0.0952 bits per heavy atom. The minimum Gasteiger partial charge on any atom is -0.0584 e. The van der Waals surface area contributed by atoms with E-state index < -0.39 is 0 Å². The van der Waals surface area contributed by atoms with Crippen molar-refractivity contribution >= 4 is 0 Å². The second kappa shape index (κ2) is 39.6. The maximum Gasteiger partial charge on any atom is -0.0184 e.